The van der Waals surface area contributed by atoms with Crippen LogP contribution >= 0.6 is 34.8 Å². The molecule has 2 rings (SSSR count). The highest BCUT2D eigenvalue weighted by Crippen LogP contribution is 2.25. The van der Waals surface area contributed by atoms with Crippen LogP contribution in [0.1, 0.15) is 11.1 Å². The van der Waals surface area contributed by atoms with Crippen LogP contribution < -0.4 is 4.72 Å². The molecule has 2 aromatic carbocycles. The van der Waals surface area contributed by atoms with Crippen molar-refractivity contribution in [1.29, 1.82) is 0 Å². The Labute approximate surface area is 145 Å². The van der Waals surface area contributed by atoms with Crippen molar-refractivity contribution in [3.05, 3.63) is 68.7 Å². The molecule has 0 unspecified atom stereocenters. The van der Waals surface area contributed by atoms with E-state index in [4.69, 9.17) is 34.8 Å². The topological polar surface area (TPSA) is 46.2 Å². The van der Waals surface area contributed by atoms with Crippen molar-refractivity contribution in [3.63, 3.8) is 0 Å². The second kappa shape index (κ2) is 7.66. The molecule has 0 bridgehead atoms. The minimum Gasteiger partial charge on any atom is -0.215 e. The molecule has 0 amide bonds. The van der Waals surface area contributed by atoms with Crippen molar-refractivity contribution in [3.8, 4) is 0 Å². The molecule has 0 heterocycles. The molecule has 0 aliphatic heterocycles. The number of hydrogen-bond acceptors (Lipinski definition) is 2. The first-order valence-electron chi connectivity index (χ1n) is 6.52. The fourth-order valence-corrected chi connectivity index (χ4v) is 3.93. The summed E-state index contributed by atoms with van der Waals surface area (Å²) in [5, 5.41) is 1.34. The van der Waals surface area contributed by atoms with Gasteiger partial charge in [-0.15, -0.1) is 0 Å². The Balaban J connectivity index is 1.95. The fourth-order valence-electron chi connectivity index (χ4n) is 1.91. The normalized spacial score (nSPS) is 11.6. The first-order chi connectivity index (χ1) is 10.4. The summed E-state index contributed by atoms with van der Waals surface area (Å²) in [6, 6.07) is 12.2. The molecule has 7 heteroatoms. The van der Waals surface area contributed by atoms with Gasteiger partial charge in [0.1, 0.15) is 0 Å². The van der Waals surface area contributed by atoms with Crippen molar-refractivity contribution in [1.82, 2.24) is 4.72 Å². The molecule has 118 valence electrons. The average molecular weight is 379 g/mol. The van der Waals surface area contributed by atoms with Crippen molar-refractivity contribution in [2.24, 2.45) is 0 Å². The van der Waals surface area contributed by atoms with Crippen molar-refractivity contribution in [2.45, 2.75) is 12.2 Å². The second-order valence-corrected chi connectivity index (χ2v) is 7.79. The van der Waals surface area contributed by atoms with Crippen LogP contribution in [0.25, 0.3) is 0 Å². The van der Waals surface area contributed by atoms with Gasteiger partial charge >= 0.3 is 0 Å². The summed E-state index contributed by atoms with van der Waals surface area (Å²) in [5.41, 5.74) is 1.41. The van der Waals surface area contributed by atoms with E-state index in [0.29, 0.717) is 33.6 Å². The van der Waals surface area contributed by atoms with Gasteiger partial charge in [-0.3, -0.25) is 0 Å². The van der Waals surface area contributed by atoms with Crippen LogP contribution in [0.2, 0.25) is 15.1 Å². The van der Waals surface area contributed by atoms with Crippen molar-refractivity contribution >= 4 is 44.8 Å². The molecule has 0 saturated heterocycles. The SMILES string of the molecule is O=S(=O)(Cc1c(Cl)cccc1Cl)NCCc1ccc(Cl)cc1. The summed E-state index contributed by atoms with van der Waals surface area (Å²) in [6.45, 7) is 0.298. The molecule has 0 spiro atoms. The largest absolute Gasteiger partial charge is 0.215 e. The lowest BCUT2D eigenvalue weighted by Gasteiger charge is -2.09. The van der Waals surface area contributed by atoms with Gasteiger partial charge in [-0.05, 0) is 36.2 Å². The van der Waals surface area contributed by atoms with Crippen LogP contribution in [0.5, 0.6) is 0 Å². The predicted molar refractivity (Wildman–Crippen MR) is 92.2 cm³/mol. The summed E-state index contributed by atoms with van der Waals surface area (Å²) in [4.78, 5) is 0. The molecule has 0 aliphatic carbocycles. The molecule has 0 aromatic heterocycles. The second-order valence-electron chi connectivity index (χ2n) is 4.73. The van der Waals surface area contributed by atoms with Crippen LogP contribution in [-0.2, 0) is 22.2 Å². The molecule has 0 saturated carbocycles. The monoisotopic (exact) mass is 377 g/mol. The van der Waals surface area contributed by atoms with Gasteiger partial charge in [0.25, 0.3) is 0 Å². The molecule has 3 nitrogen and oxygen atoms in total. The molecular weight excluding hydrogens is 365 g/mol. The number of benzene rings is 2. The first-order valence-corrected chi connectivity index (χ1v) is 9.31. The van der Waals surface area contributed by atoms with Crippen LogP contribution in [-0.4, -0.2) is 15.0 Å². The van der Waals surface area contributed by atoms with Gasteiger partial charge < -0.3 is 0 Å². The molecule has 0 aliphatic rings. The zero-order valence-electron chi connectivity index (χ0n) is 11.5. The summed E-state index contributed by atoms with van der Waals surface area (Å²) >= 11 is 17.8. The Bertz CT molecular complexity index is 726. The standard InChI is InChI=1S/C15H14Cl3NO2S/c16-12-6-4-11(5-7-12)8-9-19-22(20,21)10-13-14(17)2-1-3-15(13)18/h1-7,19H,8-10H2. The number of hydrogen-bond donors (Lipinski definition) is 1. The lowest BCUT2D eigenvalue weighted by atomic mass is 10.2. The summed E-state index contributed by atoms with van der Waals surface area (Å²) in [5.74, 6) is -0.244. The predicted octanol–water partition coefficient (Wildman–Crippen LogP) is 4.31. The van der Waals surface area contributed by atoms with Gasteiger partial charge in [0, 0.05) is 27.2 Å². The lowest BCUT2D eigenvalue weighted by molar-refractivity contribution is 0.581. The number of nitrogens with one attached hydrogen (secondary N) is 1. The van der Waals surface area contributed by atoms with Crippen molar-refractivity contribution in [2.75, 3.05) is 6.54 Å². The lowest BCUT2D eigenvalue weighted by Crippen LogP contribution is -2.27. The summed E-state index contributed by atoms with van der Waals surface area (Å²) in [7, 11) is -3.50. The van der Waals surface area contributed by atoms with Crippen LogP contribution in [0.3, 0.4) is 0 Å². The zero-order valence-corrected chi connectivity index (χ0v) is 14.6. The molecule has 0 radical (unpaired) electrons. The molecular formula is C15H14Cl3NO2S. The van der Waals surface area contributed by atoms with Gasteiger partial charge in [0.15, 0.2) is 0 Å². The fraction of sp³-hybridized carbons (Fsp3) is 0.200. The highest BCUT2D eigenvalue weighted by atomic mass is 35.5. The minimum absolute atomic E-state index is 0.244. The molecule has 0 fully saturated rings. The minimum atomic E-state index is -3.50. The average Bonchev–Trinajstić information content (AvgIpc) is 2.45. The molecule has 2 aromatic rings. The van der Waals surface area contributed by atoms with Crippen LogP contribution in [0.15, 0.2) is 42.5 Å². The molecule has 0 atom stereocenters. The van der Waals surface area contributed by atoms with E-state index < -0.39 is 10.0 Å². The summed E-state index contributed by atoms with van der Waals surface area (Å²) < 4.78 is 26.7. The van der Waals surface area contributed by atoms with Gasteiger partial charge in [0.2, 0.25) is 10.0 Å². The first kappa shape index (κ1) is 17.6. The third-order valence-electron chi connectivity index (χ3n) is 3.04. The highest BCUT2D eigenvalue weighted by molar-refractivity contribution is 7.88. The van der Waals surface area contributed by atoms with Crippen LogP contribution in [0.4, 0.5) is 0 Å². The van der Waals surface area contributed by atoms with Gasteiger partial charge in [-0.2, -0.15) is 0 Å². The third kappa shape index (κ3) is 5.14. The molecule has 1 N–H and O–H groups in total. The maximum Gasteiger partial charge on any atom is 0.215 e. The van der Waals surface area contributed by atoms with Crippen LogP contribution in [0, 0.1) is 0 Å². The molecule has 22 heavy (non-hydrogen) atoms. The quantitative estimate of drug-likeness (QED) is 0.814. The number of rotatable bonds is 6. The smallest absolute Gasteiger partial charge is 0.215 e. The van der Waals surface area contributed by atoms with Gasteiger partial charge in [-0.25, -0.2) is 13.1 Å². The van der Waals surface area contributed by atoms with Gasteiger partial charge in [-0.1, -0.05) is 53.0 Å². The Morgan fingerprint density at radius 3 is 2.09 bits per heavy atom. The Morgan fingerprint density at radius 2 is 1.50 bits per heavy atom. The van der Waals surface area contributed by atoms with Crippen molar-refractivity contribution < 1.29 is 8.42 Å². The Kier molecular flexibility index (Phi) is 6.12. The number of halogens is 3. The van der Waals surface area contributed by atoms with E-state index in [9.17, 15) is 8.42 Å². The van der Waals surface area contributed by atoms with E-state index in [0.717, 1.165) is 5.56 Å². The van der Waals surface area contributed by atoms with E-state index in [2.05, 4.69) is 4.72 Å². The maximum absolute atomic E-state index is 12.1. The number of sulfonamides is 1. The maximum atomic E-state index is 12.1. The highest BCUT2D eigenvalue weighted by Gasteiger charge is 2.16. The van der Waals surface area contributed by atoms with E-state index in [-0.39, 0.29) is 5.75 Å². The third-order valence-corrected chi connectivity index (χ3v) is 5.32. The van der Waals surface area contributed by atoms with E-state index in [1.54, 1.807) is 30.3 Å². The zero-order chi connectivity index (χ0) is 16.2. The van der Waals surface area contributed by atoms with E-state index >= 15 is 0 Å². The van der Waals surface area contributed by atoms with E-state index in [1.165, 1.54) is 0 Å². The Hall–Kier alpha value is -0.780. The Morgan fingerprint density at radius 1 is 0.909 bits per heavy atom. The van der Waals surface area contributed by atoms with Gasteiger partial charge in [0.05, 0.1) is 5.75 Å². The van der Waals surface area contributed by atoms with E-state index in [1.807, 2.05) is 12.1 Å². The summed E-state index contributed by atoms with van der Waals surface area (Å²) in [6.07, 6.45) is 0.576.